The Balaban J connectivity index is 1.50. The fourth-order valence-corrected chi connectivity index (χ4v) is 4.38. The van der Waals surface area contributed by atoms with E-state index in [-0.39, 0.29) is 5.91 Å². The SMILES string of the molecule is O=C(NCCc1ccc(Cl)cc1)C1(Cc2ccccc2-c2ccncc2)CCOCC1. The third-order valence-corrected chi connectivity index (χ3v) is 6.33. The molecule has 2 aromatic carbocycles. The lowest BCUT2D eigenvalue weighted by Crippen LogP contribution is -2.46. The van der Waals surface area contributed by atoms with Gasteiger partial charge < -0.3 is 10.1 Å². The van der Waals surface area contributed by atoms with E-state index in [0.717, 1.165) is 41.0 Å². The van der Waals surface area contributed by atoms with E-state index >= 15 is 0 Å². The summed E-state index contributed by atoms with van der Waals surface area (Å²) in [7, 11) is 0. The Morgan fingerprint density at radius 3 is 2.45 bits per heavy atom. The minimum atomic E-state index is -0.457. The molecule has 0 atom stereocenters. The number of pyridine rings is 1. The molecular formula is C26H27ClN2O2. The maximum absolute atomic E-state index is 13.4. The molecular weight excluding hydrogens is 408 g/mol. The number of benzene rings is 2. The first-order valence-corrected chi connectivity index (χ1v) is 11.1. The predicted molar refractivity (Wildman–Crippen MR) is 124 cm³/mol. The first kappa shape index (κ1) is 21.5. The Labute approximate surface area is 188 Å². The molecule has 2 heterocycles. The molecule has 0 unspecified atom stereocenters. The number of amides is 1. The van der Waals surface area contributed by atoms with Crippen molar-refractivity contribution in [3.63, 3.8) is 0 Å². The molecule has 3 aromatic rings. The molecule has 1 fully saturated rings. The molecule has 0 aliphatic carbocycles. The Kier molecular flexibility index (Phi) is 7.00. The van der Waals surface area contributed by atoms with Crippen LogP contribution in [0.25, 0.3) is 11.1 Å². The number of rotatable bonds is 7. The molecule has 0 bridgehead atoms. The third-order valence-electron chi connectivity index (χ3n) is 6.08. The van der Waals surface area contributed by atoms with Crippen LogP contribution in [0, 0.1) is 5.41 Å². The zero-order valence-corrected chi connectivity index (χ0v) is 18.3. The number of aromatic nitrogens is 1. The van der Waals surface area contributed by atoms with E-state index in [1.807, 2.05) is 48.5 Å². The van der Waals surface area contributed by atoms with Crippen LogP contribution >= 0.6 is 11.6 Å². The lowest BCUT2D eigenvalue weighted by molar-refractivity contribution is -0.136. The number of halogens is 1. The monoisotopic (exact) mass is 434 g/mol. The van der Waals surface area contributed by atoms with Gasteiger partial charge in [-0.3, -0.25) is 9.78 Å². The number of nitrogens with one attached hydrogen (secondary N) is 1. The molecule has 1 saturated heterocycles. The molecule has 1 aromatic heterocycles. The lowest BCUT2D eigenvalue weighted by atomic mass is 9.73. The van der Waals surface area contributed by atoms with Crippen molar-refractivity contribution in [3.8, 4) is 11.1 Å². The van der Waals surface area contributed by atoms with Gasteiger partial charge in [-0.1, -0.05) is 48.0 Å². The van der Waals surface area contributed by atoms with Gasteiger partial charge in [0.2, 0.25) is 5.91 Å². The first-order valence-electron chi connectivity index (χ1n) is 10.8. The van der Waals surface area contributed by atoms with Crippen molar-refractivity contribution in [3.05, 3.63) is 89.2 Å². The molecule has 5 heteroatoms. The Hall–Kier alpha value is -2.69. The van der Waals surface area contributed by atoms with Crippen molar-refractivity contribution in [2.24, 2.45) is 5.41 Å². The molecule has 31 heavy (non-hydrogen) atoms. The summed E-state index contributed by atoms with van der Waals surface area (Å²) >= 11 is 5.96. The molecule has 0 saturated carbocycles. The quantitative estimate of drug-likeness (QED) is 0.562. The fraction of sp³-hybridized carbons (Fsp3) is 0.308. The average Bonchev–Trinajstić information content (AvgIpc) is 2.82. The number of nitrogens with zero attached hydrogens (tertiary/aromatic N) is 1. The van der Waals surface area contributed by atoms with E-state index in [9.17, 15) is 4.79 Å². The van der Waals surface area contributed by atoms with Crippen LogP contribution in [0.3, 0.4) is 0 Å². The molecule has 1 aliphatic heterocycles. The Morgan fingerprint density at radius 2 is 1.71 bits per heavy atom. The van der Waals surface area contributed by atoms with Crippen LogP contribution in [0.5, 0.6) is 0 Å². The Morgan fingerprint density at radius 1 is 1.00 bits per heavy atom. The Bertz CT molecular complexity index is 999. The van der Waals surface area contributed by atoms with Gasteiger partial charge in [-0.05, 0) is 72.2 Å². The van der Waals surface area contributed by atoms with Gasteiger partial charge in [0.25, 0.3) is 0 Å². The topological polar surface area (TPSA) is 51.2 Å². The van der Waals surface area contributed by atoms with Crippen molar-refractivity contribution in [1.82, 2.24) is 10.3 Å². The summed E-state index contributed by atoms with van der Waals surface area (Å²) in [6.45, 7) is 1.83. The van der Waals surface area contributed by atoms with Crippen LogP contribution in [0.15, 0.2) is 73.1 Å². The maximum Gasteiger partial charge on any atom is 0.226 e. The molecule has 0 radical (unpaired) electrons. The normalized spacial score (nSPS) is 15.4. The second-order valence-electron chi connectivity index (χ2n) is 8.09. The van der Waals surface area contributed by atoms with E-state index in [2.05, 4.69) is 22.4 Å². The van der Waals surface area contributed by atoms with Crippen molar-refractivity contribution >= 4 is 17.5 Å². The first-order chi connectivity index (χ1) is 15.2. The summed E-state index contributed by atoms with van der Waals surface area (Å²) in [5.74, 6) is 0.120. The molecule has 4 rings (SSSR count). The fourth-order valence-electron chi connectivity index (χ4n) is 4.26. The molecule has 1 amide bonds. The predicted octanol–water partition coefficient (Wildman–Crippen LogP) is 5.10. The number of hydrogen-bond donors (Lipinski definition) is 1. The van der Waals surface area contributed by atoms with Crippen LogP contribution in [-0.4, -0.2) is 30.6 Å². The van der Waals surface area contributed by atoms with Crippen LogP contribution in [0.2, 0.25) is 5.02 Å². The van der Waals surface area contributed by atoms with Gasteiger partial charge in [-0.25, -0.2) is 0 Å². The van der Waals surface area contributed by atoms with Crippen molar-refractivity contribution in [2.75, 3.05) is 19.8 Å². The summed E-state index contributed by atoms with van der Waals surface area (Å²) in [4.78, 5) is 17.6. The molecule has 4 nitrogen and oxygen atoms in total. The van der Waals surface area contributed by atoms with Crippen LogP contribution in [-0.2, 0) is 22.4 Å². The minimum absolute atomic E-state index is 0.120. The minimum Gasteiger partial charge on any atom is -0.381 e. The van der Waals surface area contributed by atoms with E-state index in [4.69, 9.17) is 16.3 Å². The zero-order chi connectivity index (χ0) is 21.5. The third kappa shape index (κ3) is 5.33. The highest BCUT2D eigenvalue weighted by atomic mass is 35.5. The number of ether oxygens (including phenoxy) is 1. The van der Waals surface area contributed by atoms with Gasteiger partial charge in [0.15, 0.2) is 0 Å². The summed E-state index contributed by atoms with van der Waals surface area (Å²) in [5.41, 5.74) is 4.17. The van der Waals surface area contributed by atoms with Crippen molar-refractivity contribution in [1.29, 1.82) is 0 Å². The van der Waals surface area contributed by atoms with Gasteiger partial charge in [-0.2, -0.15) is 0 Å². The van der Waals surface area contributed by atoms with Crippen LogP contribution in [0.4, 0.5) is 0 Å². The number of hydrogen-bond acceptors (Lipinski definition) is 3. The average molecular weight is 435 g/mol. The van der Waals surface area contributed by atoms with Gasteiger partial charge in [0.1, 0.15) is 0 Å². The zero-order valence-electron chi connectivity index (χ0n) is 17.5. The molecule has 1 aliphatic rings. The van der Waals surface area contributed by atoms with Gasteiger partial charge in [-0.15, -0.1) is 0 Å². The highest BCUT2D eigenvalue weighted by Gasteiger charge is 2.40. The summed E-state index contributed by atoms with van der Waals surface area (Å²) in [6.07, 6.45) is 6.54. The number of carbonyl (C=O) groups is 1. The van der Waals surface area contributed by atoms with E-state index in [1.165, 1.54) is 5.56 Å². The van der Waals surface area contributed by atoms with Crippen molar-refractivity contribution in [2.45, 2.75) is 25.7 Å². The summed E-state index contributed by atoms with van der Waals surface area (Å²) in [5, 5.41) is 3.92. The summed E-state index contributed by atoms with van der Waals surface area (Å²) in [6, 6.07) is 20.2. The summed E-state index contributed by atoms with van der Waals surface area (Å²) < 4.78 is 5.61. The van der Waals surface area contributed by atoms with E-state index in [1.54, 1.807) is 12.4 Å². The smallest absolute Gasteiger partial charge is 0.226 e. The van der Waals surface area contributed by atoms with Crippen molar-refractivity contribution < 1.29 is 9.53 Å². The van der Waals surface area contributed by atoms with Crippen LogP contribution in [0.1, 0.15) is 24.0 Å². The van der Waals surface area contributed by atoms with Gasteiger partial charge in [0, 0.05) is 37.2 Å². The van der Waals surface area contributed by atoms with E-state index in [0.29, 0.717) is 26.2 Å². The lowest BCUT2D eigenvalue weighted by Gasteiger charge is -2.36. The second-order valence-corrected chi connectivity index (χ2v) is 8.53. The molecule has 1 N–H and O–H groups in total. The molecule has 0 spiro atoms. The van der Waals surface area contributed by atoms with Crippen LogP contribution < -0.4 is 5.32 Å². The van der Waals surface area contributed by atoms with E-state index < -0.39 is 5.41 Å². The molecule has 160 valence electrons. The van der Waals surface area contributed by atoms with Gasteiger partial charge >= 0.3 is 0 Å². The maximum atomic E-state index is 13.4. The largest absolute Gasteiger partial charge is 0.381 e. The number of carbonyl (C=O) groups excluding carboxylic acids is 1. The standard InChI is InChI=1S/C26H27ClN2O2/c27-23-7-5-20(6-8-23)9-16-29-25(30)26(12-17-31-18-13-26)19-22-3-1-2-4-24(22)21-10-14-28-15-11-21/h1-8,10-11,14-15H,9,12-13,16-19H2,(H,29,30). The highest BCUT2D eigenvalue weighted by molar-refractivity contribution is 6.30. The highest BCUT2D eigenvalue weighted by Crippen LogP contribution is 2.37. The van der Waals surface area contributed by atoms with Gasteiger partial charge in [0.05, 0.1) is 5.41 Å². The second kappa shape index (κ2) is 10.1.